The van der Waals surface area contributed by atoms with Crippen LogP contribution in [0.2, 0.25) is 0 Å². The first-order valence-corrected chi connectivity index (χ1v) is 12.4. The highest BCUT2D eigenvalue weighted by atomic mass is 32.1. The van der Waals surface area contributed by atoms with Crippen LogP contribution in [0.5, 0.6) is 0 Å². The molecule has 0 spiro atoms. The lowest BCUT2D eigenvalue weighted by Gasteiger charge is -2.42. The number of hydrogen-bond donors (Lipinski definition) is 0. The molecule has 0 saturated carbocycles. The van der Waals surface area contributed by atoms with Crippen LogP contribution in [0.3, 0.4) is 0 Å². The van der Waals surface area contributed by atoms with Crippen LogP contribution in [0.25, 0.3) is 15.7 Å². The molecule has 1 fully saturated rings. The van der Waals surface area contributed by atoms with Gasteiger partial charge in [0.25, 0.3) is 5.56 Å². The molecule has 1 aliphatic rings. The summed E-state index contributed by atoms with van der Waals surface area (Å²) < 4.78 is 4.36. The van der Waals surface area contributed by atoms with Crippen molar-refractivity contribution in [3.63, 3.8) is 0 Å². The van der Waals surface area contributed by atoms with Gasteiger partial charge in [0.2, 0.25) is 5.91 Å². The lowest BCUT2D eigenvalue weighted by atomic mass is 10.1. The monoisotopic (exact) mass is 463 g/mol. The fraction of sp³-hybridized carbons (Fsp3) is 0.400. The summed E-state index contributed by atoms with van der Waals surface area (Å²) in [6, 6.07) is 12.0. The predicted octanol–water partition coefficient (Wildman–Crippen LogP) is 4.02. The topological polar surface area (TPSA) is 62.9 Å². The Bertz CT molecular complexity index is 1400. The molecule has 8 heteroatoms. The molecule has 7 nitrogen and oxygen atoms in total. The number of aromatic nitrogens is 3. The third-order valence-corrected chi connectivity index (χ3v) is 7.52. The second-order valence-corrected chi connectivity index (χ2v) is 9.87. The van der Waals surface area contributed by atoms with Gasteiger partial charge in [0.15, 0.2) is 0 Å². The van der Waals surface area contributed by atoms with Gasteiger partial charge in [0, 0.05) is 31.4 Å². The average Bonchev–Trinajstić information content (AvgIpc) is 3.39. The van der Waals surface area contributed by atoms with Crippen molar-refractivity contribution in [3.05, 3.63) is 63.5 Å². The summed E-state index contributed by atoms with van der Waals surface area (Å²) in [5.41, 5.74) is 3.77. The van der Waals surface area contributed by atoms with Crippen LogP contribution in [-0.2, 0) is 4.79 Å². The first-order chi connectivity index (χ1) is 15.9. The molecular weight excluding hydrogens is 434 g/mol. The van der Waals surface area contributed by atoms with Crippen molar-refractivity contribution in [1.82, 2.24) is 19.1 Å². The Morgan fingerprint density at radius 1 is 1.18 bits per heavy atom. The highest BCUT2D eigenvalue weighted by molar-refractivity contribution is 7.17. The summed E-state index contributed by atoms with van der Waals surface area (Å²) in [6.45, 7) is 10.1. The molecule has 4 aromatic rings. The second kappa shape index (κ2) is 8.33. The number of anilines is 1. The number of carbonyl (C=O) groups excluding carboxylic acids is 1. The molecule has 0 aliphatic carbocycles. The minimum absolute atomic E-state index is 0.0278. The van der Waals surface area contributed by atoms with Crippen LogP contribution in [0, 0.1) is 13.8 Å². The number of rotatable bonds is 4. The average molecular weight is 464 g/mol. The number of thiophene rings is 1. The molecule has 0 bridgehead atoms. The molecular formula is C25H29N5O2S. The first-order valence-electron chi connectivity index (χ1n) is 11.5. The van der Waals surface area contributed by atoms with Crippen LogP contribution in [0.15, 0.2) is 46.6 Å². The number of piperazine rings is 1. The summed E-state index contributed by atoms with van der Waals surface area (Å²) in [7, 11) is 0. The van der Waals surface area contributed by atoms with Gasteiger partial charge in [-0.15, -0.1) is 11.3 Å². The maximum Gasteiger partial charge on any atom is 0.291 e. The molecule has 4 heterocycles. The predicted molar refractivity (Wildman–Crippen MR) is 133 cm³/mol. The van der Waals surface area contributed by atoms with E-state index < -0.39 is 6.04 Å². The Morgan fingerprint density at radius 3 is 2.73 bits per heavy atom. The second-order valence-electron chi connectivity index (χ2n) is 8.92. The molecule has 33 heavy (non-hydrogen) atoms. The minimum Gasteiger partial charge on any atom is -0.365 e. The Labute approximate surface area is 196 Å². The zero-order valence-corrected chi connectivity index (χ0v) is 20.3. The SMILES string of the molecule is CC[C@@H](C(=O)N1CCN(c2cccc(C)c2)[C@H](C)C1)n1nc(C)n2c(cc3sccc32)c1=O. The maximum atomic E-state index is 13.6. The number of benzene rings is 1. The van der Waals surface area contributed by atoms with Crippen molar-refractivity contribution in [1.29, 1.82) is 0 Å². The number of nitrogens with zero attached hydrogens (tertiary/aromatic N) is 5. The molecule has 1 aromatic carbocycles. The number of amides is 1. The van der Waals surface area contributed by atoms with Crippen LogP contribution in [0.4, 0.5) is 5.69 Å². The lowest BCUT2D eigenvalue weighted by Crippen LogP contribution is -2.55. The Kier molecular flexibility index (Phi) is 5.48. The van der Waals surface area contributed by atoms with Crippen LogP contribution >= 0.6 is 11.3 Å². The van der Waals surface area contributed by atoms with E-state index >= 15 is 0 Å². The van der Waals surface area contributed by atoms with Gasteiger partial charge in [-0.2, -0.15) is 5.10 Å². The van der Waals surface area contributed by atoms with Crippen molar-refractivity contribution in [3.8, 4) is 0 Å². The third kappa shape index (κ3) is 3.62. The van der Waals surface area contributed by atoms with Gasteiger partial charge in [-0.25, -0.2) is 4.68 Å². The normalized spacial score (nSPS) is 17.8. The fourth-order valence-electron chi connectivity index (χ4n) is 5.02. The molecule has 1 saturated heterocycles. The van der Waals surface area contributed by atoms with Crippen molar-refractivity contribution >= 4 is 38.7 Å². The minimum atomic E-state index is -0.605. The highest BCUT2D eigenvalue weighted by Gasteiger charge is 2.32. The standard InChI is InChI=1S/C25H29N5O2S/c1-5-20(30-25(32)22-14-23-21(9-12-33-23)29(22)18(4)26-30)24(31)27-10-11-28(17(3)15-27)19-8-6-7-16(2)13-19/h6-9,12-14,17,20H,5,10-11,15H2,1-4H3/t17-,20+/m1/s1. The van der Waals surface area contributed by atoms with E-state index in [9.17, 15) is 9.59 Å². The van der Waals surface area contributed by atoms with E-state index in [0.717, 1.165) is 16.8 Å². The molecule has 0 unspecified atom stereocenters. The van der Waals surface area contributed by atoms with Crippen LogP contribution in [0.1, 0.15) is 37.7 Å². The Balaban J connectivity index is 1.43. The van der Waals surface area contributed by atoms with Gasteiger partial charge >= 0.3 is 0 Å². The van der Waals surface area contributed by atoms with Gasteiger partial charge in [-0.05, 0) is 62.4 Å². The lowest BCUT2D eigenvalue weighted by molar-refractivity contribution is -0.136. The van der Waals surface area contributed by atoms with E-state index in [0.29, 0.717) is 30.9 Å². The number of hydrogen-bond acceptors (Lipinski definition) is 5. The van der Waals surface area contributed by atoms with Crippen molar-refractivity contribution < 1.29 is 4.79 Å². The van der Waals surface area contributed by atoms with Crippen molar-refractivity contribution in [2.24, 2.45) is 0 Å². The number of fused-ring (bicyclic) bond motifs is 3. The van der Waals surface area contributed by atoms with E-state index in [4.69, 9.17) is 0 Å². The summed E-state index contributed by atoms with van der Waals surface area (Å²) >= 11 is 1.60. The molecule has 0 radical (unpaired) electrons. The highest BCUT2D eigenvalue weighted by Crippen LogP contribution is 2.26. The molecule has 0 N–H and O–H groups in total. The third-order valence-electron chi connectivity index (χ3n) is 6.67. The molecule has 5 rings (SSSR count). The zero-order valence-electron chi connectivity index (χ0n) is 19.5. The van der Waals surface area contributed by atoms with E-state index in [1.807, 2.05) is 40.7 Å². The van der Waals surface area contributed by atoms with Gasteiger partial charge in [0.1, 0.15) is 17.4 Å². The van der Waals surface area contributed by atoms with E-state index in [-0.39, 0.29) is 17.5 Å². The van der Waals surface area contributed by atoms with Crippen molar-refractivity contribution in [2.75, 3.05) is 24.5 Å². The van der Waals surface area contributed by atoms with E-state index in [2.05, 4.69) is 48.1 Å². The van der Waals surface area contributed by atoms with Crippen molar-refractivity contribution in [2.45, 2.75) is 46.2 Å². The molecule has 1 aliphatic heterocycles. The van der Waals surface area contributed by atoms with E-state index in [1.165, 1.54) is 15.9 Å². The Morgan fingerprint density at radius 2 is 2.00 bits per heavy atom. The van der Waals surface area contributed by atoms with Gasteiger partial charge in [0.05, 0.1) is 10.2 Å². The summed E-state index contributed by atoms with van der Waals surface area (Å²) in [5.74, 6) is 0.682. The molecule has 1 amide bonds. The fourth-order valence-corrected chi connectivity index (χ4v) is 5.82. The molecule has 3 aromatic heterocycles. The quantitative estimate of drug-likeness (QED) is 0.459. The number of aryl methyl sites for hydroxylation is 2. The largest absolute Gasteiger partial charge is 0.365 e. The summed E-state index contributed by atoms with van der Waals surface area (Å²) in [6.07, 6.45) is 0.517. The first kappa shape index (κ1) is 21.7. The molecule has 172 valence electrons. The van der Waals surface area contributed by atoms with E-state index in [1.54, 1.807) is 11.3 Å². The van der Waals surface area contributed by atoms with Crippen LogP contribution < -0.4 is 10.5 Å². The molecule has 2 atom stereocenters. The number of carbonyl (C=O) groups is 1. The zero-order chi connectivity index (χ0) is 23.3. The van der Waals surface area contributed by atoms with Gasteiger partial charge in [-0.3, -0.25) is 14.0 Å². The smallest absolute Gasteiger partial charge is 0.291 e. The summed E-state index contributed by atoms with van der Waals surface area (Å²) in [5, 5.41) is 6.61. The maximum absolute atomic E-state index is 13.6. The van der Waals surface area contributed by atoms with Crippen LogP contribution in [-0.4, -0.2) is 50.7 Å². The van der Waals surface area contributed by atoms with Gasteiger partial charge < -0.3 is 9.80 Å². The summed E-state index contributed by atoms with van der Waals surface area (Å²) in [4.78, 5) is 31.2. The van der Waals surface area contributed by atoms with Gasteiger partial charge in [-0.1, -0.05) is 19.1 Å². The Hall–Kier alpha value is -3.13.